The molecule has 0 atom stereocenters. The van der Waals surface area contributed by atoms with Crippen LogP contribution in [-0.2, 0) is 13.1 Å². The highest BCUT2D eigenvalue weighted by molar-refractivity contribution is 14.0. The van der Waals surface area contributed by atoms with Crippen molar-refractivity contribution >= 4 is 35.6 Å². The summed E-state index contributed by atoms with van der Waals surface area (Å²) in [6, 6.07) is 11.1. The molecule has 2 aromatic carbocycles. The molecule has 0 aromatic heterocycles. The van der Waals surface area contributed by atoms with Crippen LogP contribution in [0.3, 0.4) is 0 Å². The third-order valence-corrected chi connectivity index (χ3v) is 3.81. The minimum Gasteiger partial charge on any atom is -0.370 e. The number of nitrogens with two attached hydrogens (primary N) is 1. The fraction of sp³-hybridized carbons (Fsp3) is 0.316. The van der Waals surface area contributed by atoms with E-state index in [-0.39, 0.29) is 29.8 Å². The summed E-state index contributed by atoms with van der Waals surface area (Å²) in [4.78, 5) is 6.27. The second-order valence-electron chi connectivity index (χ2n) is 6.29. The van der Waals surface area contributed by atoms with E-state index >= 15 is 0 Å². The van der Waals surface area contributed by atoms with Crippen LogP contribution >= 0.6 is 24.0 Å². The predicted molar refractivity (Wildman–Crippen MR) is 114 cm³/mol. The topological polar surface area (TPSA) is 53.6 Å². The molecule has 3 N–H and O–H groups in total. The minimum absolute atomic E-state index is 0. The number of nitrogens with zero attached hydrogens (tertiary/aromatic N) is 2. The Hall–Kier alpha value is -1.67. The molecule has 0 saturated carbocycles. The molecule has 2 rings (SSSR count). The third kappa shape index (κ3) is 6.62. The summed E-state index contributed by atoms with van der Waals surface area (Å²) in [6.07, 6.45) is 0. The Balaban J connectivity index is 0.00000312. The van der Waals surface area contributed by atoms with Gasteiger partial charge in [-0.1, -0.05) is 12.1 Å². The lowest BCUT2D eigenvalue weighted by molar-refractivity contribution is 0.392. The first-order valence-electron chi connectivity index (χ1n) is 7.91. The molecule has 0 aliphatic rings. The number of halogens is 2. The van der Waals surface area contributed by atoms with Crippen molar-refractivity contribution in [1.29, 1.82) is 0 Å². The van der Waals surface area contributed by atoms with E-state index in [0.29, 0.717) is 24.6 Å². The second kappa shape index (κ2) is 9.72. The third-order valence-electron chi connectivity index (χ3n) is 3.81. The van der Waals surface area contributed by atoms with Gasteiger partial charge in [-0.3, -0.25) is 0 Å². The Morgan fingerprint density at radius 1 is 1.12 bits per heavy atom. The highest BCUT2D eigenvalue weighted by atomic mass is 127. The van der Waals surface area contributed by atoms with Gasteiger partial charge in [0.15, 0.2) is 5.96 Å². The van der Waals surface area contributed by atoms with E-state index in [4.69, 9.17) is 5.73 Å². The van der Waals surface area contributed by atoms with Crippen LogP contribution in [0, 0.1) is 19.7 Å². The average molecular weight is 456 g/mol. The maximum absolute atomic E-state index is 13.8. The molecule has 0 amide bonds. The van der Waals surface area contributed by atoms with Crippen molar-refractivity contribution in [2.75, 3.05) is 19.4 Å². The van der Waals surface area contributed by atoms with Crippen LogP contribution in [0.1, 0.15) is 22.3 Å². The Morgan fingerprint density at radius 3 is 2.48 bits per heavy atom. The molecule has 25 heavy (non-hydrogen) atoms. The van der Waals surface area contributed by atoms with E-state index in [0.717, 1.165) is 11.3 Å². The summed E-state index contributed by atoms with van der Waals surface area (Å²) in [6.45, 7) is 5.08. The maximum Gasteiger partial charge on any atom is 0.193 e. The second-order valence-corrected chi connectivity index (χ2v) is 6.29. The summed E-state index contributed by atoms with van der Waals surface area (Å²) in [5, 5.41) is 3.08. The number of benzene rings is 2. The number of aryl methyl sites for hydroxylation is 2. The molecule has 0 radical (unpaired) electrons. The van der Waals surface area contributed by atoms with Crippen molar-refractivity contribution in [1.82, 2.24) is 4.90 Å². The van der Waals surface area contributed by atoms with Gasteiger partial charge < -0.3 is 16.0 Å². The smallest absolute Gasteiger partial charge is 0.193 e. The highest BCUT2D eigenvalue weighted by Crippen LogP contribution is 2.15. The number of aliphatic imine (C=N–C) groups is 1. The molecule has 6 heteroatoms. The summed E-state index contributed by atoms with van der Waals surface area (Å²) < 4.78 is 13.8. The molecular weight excluding hydrogens is 430 g/mol. The van der Waals surface area contributed by atoms with Crippen molar-refractivity contribution in [2.45, 2.75) is 26.9 Å². The minimum atomic E-state index is -0.197. The zero-order valence-electron chi connectivity index (χ0n) is 15.1. The van der Waals surface area contributed by atoms with Gasteiger partial charge in [0.1, 0.15) is 5.82 Å². The maximum atomic E-state index is 13.8. The van der Waals surface area contributed by atoms with Crippen LogP contribution < -0.4 is 11.1 Å². The Bertz CT molecular complexity index is 744. The molecule has 4 nitrogen and oxygen atoms in total. The molecule has 0 aliphatic carbocycles. The van der Waals surface area contributed by atoms with E-state index < -0.39 is 0 Å². The van der Waals surface area contributed by atoms with Gasteiger partial charge >= 0.3 is 0 Å². The molecular formula is C19H26FIN4. The summed E-state index contributed by atoms with van der Waals surface area (Å²) in [5.74, 6) is 0.148. The first-order chi connectivity index (χ1) is 11.3. The number of rotatable bonds is 5. The zero-order valence-corrected chi connectivity index (χ0v) is 17.5. The van der Waals surface area contributed by atoms with Crippen LogP contribution in [0.5, 0.6) is 0 Å². The number of nitrogens with one attached hydrogen (secondary N) is 1. The van der Waals surface area contributed by atoms with Crippen molar-refractivity contribution in [3.05, 3.63) is 64.5 Å². The average Bonchev–Trinajstić information content (AvgIpc) is 2.51. The molecule has 0 aliphatic heterocycles. The van der Waals surface area contributed by atoms with E-state index in [2.05, 4.69) is 24.2 Å². The van der Waals surface area contributed by atoms with Gasteiger partial charge in [0.2, 0.25) is 0 Å². The summed E-state index contributed by atoms with van der Waals surface area (Å²) in [5.41, 5.74) is 10.9. The van der Waals surface area contributed by atoms with E-state index in [9.17, 15) is 4.39 Å². The summed E-state index contributed by atoms with van der Waals surface area (Å²) in [7, 11) is 3.82. The van der Waals surface area contributed by atoms with E-state index in [1.54, 1.807) is 6.07 Å². The fourth-order valence-corrected chi connectivity index (χ4v) is 2.37. The largest absolute Gasteiger partial charge is 0.370 e. The molecule has 0 heterocycles. The van der Waals surface area contributed by atoms with Crippen LogP contribution in [-0.4, -0.2) is 25.0 Å². The van der Waals surface area contributed by atoms with Crippen LogP contribution in [0.25, 0.3) is 0 Å². The number of hydrogen-bond donors (Lipinski definition) is 2. The highest BCUT2D eigenvalue weighted by Gasteiger charge is 2.05. The van der Waals surface area contributed by atoms with Gasteiger partial charge in [0.05, 0.1) is 6.54 Å². The quantitative estimate of drug-likeness (QED) is 0.406. The first-order valence-corrected chi connectivity index (χ1v) is 7.91. The van der Waals surface area contributed by atoms with Crippen molar-refractivity contribution in [2.24, 2.45) is 10.7 Å². The SMILES string of the molecule is Cc1ccc(NC(N)=NCc2ccc(F)c(CN(C)C)c2)cc1C.I. The van der Waals surface area contributed by atoms with Gasteiger partial charge in [-0.15, -0.1) is 24.0 Å². The van der Waals surface area contributed by atoms with E-state index in [1.807, 2.05) is 43.3 Å². The lowest BCUT2D eigenvalue weighted by Crippen LogP contribution is -2.22. The number of guanidine groups is 1. The first kappa shape index (κ1) is 21.4. The summed E-state index contributed by atoms with van der Waals surface area (Å²) >= 11 is 0. The van der Waals surface area contributed by atoms with Crippen LogP contribution in [0.2, 0.25) is 0 Å². The lowest BCUT2D eigenvalue weighted by Gasteiger charge is -2.12. The van der Waals surface area contributed by atoms with Gasteiger partial charge in [0.25, 0.3) is 0 Å². The standard InChI is InChI=1S/C19H25FN4.HI/c1-13-5-7-17(9-14(13)2)23-19(21)22-11-15-6-8-18(20)16(10-15)12-24(3)4;/h5-10H,11-12H2,1-4H3,(H3,21,22,23);1H. The zero-order chi connectivity index (χ0) is 17.7. The van der Waals surface area contributed by atoms with Gasteiger partial charge in [-0.2, -0.15) is 0 Å². The molecule has 0 bridgehead atoms. The lowest BCUT2D eigenvalue weighted by atomic mass is 10.1. The molecule has 0 fully saturated rings. The monoisotopic (exact) mass is 456 g/mol. The van der Waals surface area contributed by atoms with Crippen molar-refractivity contribution < 1.29 is 4.39 Å². The number of hydrogen-bond acceptors (Lipinski definition) is 2. The van der Waals surface area contributed by atoms with Crippen molar-refractivity contribution in [3.63, 3.8) is 0 Å². The normalized spacial score (nSPS) is 11.4. The van der Waals surface area contributed by atoms with E-state index in [1.165, 1.54) is 17.2 Å². The molecule has 136 valence electrons. The Morgan fingerprint density at radius 2 is 1.84 bits per heavy atom. The van der Waals surface area contributed by atoms with Gasteiger partial charge in [0, 0.05) is 17.8 Å². The molecule has 0 unspecified atom stereocenters. The van der Waals surface area contributed by atoms with Gasteiger partial charge in [-0.25, -0.2) is 9.38 Å². The molecule has 2 aromatic rings. The Labute approximate surface area is 166 Å². The van der Waals surface area contributed by atoms with Gasteiger partial charge in [-0.05, 0) is 68.9 Å². The number of anilines is 1. The van der Waals surface area contributed by atoms with Crippen molar-refractivity contribution in [3.8, 4) is 0 Å². The Kier molecular flexibility index (Phi) is 8.31. The molecule has 0 spiro atoms. The predicted octanol–water partition coefficient (Wildman–Crippen LogP) is 4.05. The molecule has 0 saturated heterocycles. The van der Waals surface area contributed by atoms with Crippen LogP contribution in [0.4, 0.5) is 10.1 Å². The van der Waals surface area contributed by atoms with Crippen LogP contribution in [0.15, 0.2) is 41.4 Å². The fourth-order valence-electron chi connectivity index (χ4n) is 2.37.